The number of carbonyl (C=O) groups is 1. The first-order valence-corrected chi connectivity index (χ1v) is 8.24. The maximum Gasteiger partial charge on any atom is 0.321 e. The number of fused-ring (bicyclic) bond motifs is 1. The van der Waals surface area contributed by atoms with Gasteiger partial charge in [-0.05, 0) is 25.5 Å². The fourth-order valence-corrected chi connectivity index (χ4v) is 2.56. The van der Waals surface area contributed by atoms with Crippen molar-refractivity contribution < 1.29 is 13.9 Å². The van der Waals surface area contributed by atoms with Crippen LogP contribution in [0.5, 0.6) is 0 Å². The number of aromatic nitrogens is 2. The smallest absolute Gasteiger partial charge is 0.321 e. The summed E-state index contributed by atoms with van der Waals surface area (Å²) in [4.78, 5) is 12.1. The highest BCUT2D eigenvalue weighted by atomic mass is 16.5. The third-order valence-electron chi connectivity index (χ3n) is 3.84. The lowest BCUT2D eigenvalue weighted by Gasteiger charge is -2.11. The van der Waals surface area contributed by atoms with Crippen molar-refractivity contribution in [2.45, 2.75) is 25.9 Å². The van der Waals surface area contributed by atoms with Gasteiger partial charge in [0, 0.05) is 37.9 Å². The van der Waals surface area contributed by atoms with Crippen LogP contribution in [0, 0.1) is 0 Å². The third-order valence-corrected chi connectivity index (χ3v) is 3.84. The Bertz CT molecular complexity index is 807. The average Bonchev–Trinajstić information content (AvgIpc) is 3.21. The van der Waals surface area contributed by atoms with Crippen LogP contribution < -0.4 is 10.6 Å². The van der Waals surface area contributed by atoms with Gasteiger partial charge in [-0.2, -0.15) is 5.10 Å². The van der Waals surface area contributed by atoms with Gasteiger partial charge in [0.15, 0.2) is 5.82 Å². The molecule has 0 radical (unpaired) electrons. The Kier molecular flexibility index (Phi) is 5.35. The molecule has 0 saturated carbocycles. The molecule has 0 spiro atoms. The number of carbonyl (C=O) groups excluding carboxylic acids is 1. The van der Waals surface area contributed by atoms with Crippen molar-refractivity contribution in [2.75, 3.05) is 19.0 Å². The molecule has 0 bridgehead atoms. The molecule has 25 heavy (non-hydrogen) atoms. The molecule has 0 aliphatic rings. The summed E-state index contributed by atoms with van der Waals surface area (Å²) in [5.41, 5.74) is 0.807. The van der Waals surface area contributed by atoms with E-state index in [0.717, 1.165) is 23.9 Å². The minimum absolute atomic E-state index is 0.254. The molecule has 0 fully saturated rings. The molecular formula is C18H22N4O3. The first-order valence-electron chi connectivity index (χ1n) is 8.24. The van der Waals surface area contributed by atoms with Gasteiger partial charge >= 0.3 is 6.03 Å². The van der Waals surface area contributed by atoms with Crippen LogP contribution in [0.2, 0.25) is 0 Å². The summed E-state index contributed by atoms with van der Waals surface area (Å²) in [5.74, 6) is 1.22. The Balaban J connectivity index is 1.54. The Morgan fingerprint density at radius 2 is 2.20 bits per heavy atom. The first-order chi connectivity index (χ1) is 12.2. The molecule has 0 aliphatic carbocycles. The molecule has 2 N–H and O–H groups in total. The highest BCUT2D eigenvalue weighted by molar-refractivity contribution is 5.88. The van der Waals surface area contributed by atoms with Crippen LogP contribution in [0.1, 0.15) is 25.1 Å². The van der Waals surface area contributed by atoms with Crippen molar-refractivity contribution in [3.05, 3.63) is 48.4 Å². The Labute approximate surface area is 146 Å². The monoisotopic (exact) mass is 342 g/mol. The molecule has 3 rings (SSSR count). The van der Waals surface area contributed by atoms with E-state index in [-0.39, 0.29) is 12.1 Å². The second-order valence-corrected chi connectivity index (χ2v) is 5.82. The predicted molar refractivity (Wildman–Crippen MR) is 95.5 cm³/mol. The molecule has 7 heteroatoms. The molecule has 2 heterocycles. The highest BCUT2D eigenvalue weighted by Gasteiger charge is 2.14. The van der Waals surface area contributed by atoms with Crippen LogP contribution in [0.4, 0.5) is 10.6 Å². The third kappa shape index (κ3) is 4.39. The van der Waals surface area contributed by atoms with Crippen molar-refractivity contribution in [1.82, 2.24) is 15.1 Å². The first kappa shape index (κ1) is 17.0. The van der Waals surface area contributed by atoms with E-state index in [1.807, 2.05) is 43.5 Å². The van der Waals surface area contributed by atoms with Crippen molar-refractivity contribution in [1.29, 1.82) is 0 Å². The number of nitrogens with one attached hydrogen (secondary N) is 2. The number of hydrogen-bond donors (Lipinski definition) is 2. The fourth-order valence-electron chi connectivity index (χ4n) is 2.56. The van der Waals surface area contributed by atoms with Crippen LogP contribution in [0.15, 0.2) is 47.0 Å². The van der Waals surface area contributed by atoms with Gasteiger partial charge in [-0.1, -0.05) is 18.2 Å². The van der Waals surface area contributed by atoms with Gasteiger partial charge in [0.05, 0.1) is 6.04 Å². The predicted octanol–water partition coefficient (Wildman–Crippen LogP) is 3.55. The van der Waals surface area contributed by atoms with Gasteiger partial charge in [-0.15, -0.1) is 0 Å². The zero-order chi connectivity index (χ0) is 17.6. The molecule has 1 aromatic carbocycles. The van der Waals surface area contributed by atoms with Gasteiger partial charge in [-0.25, -0.2) is 4.79 Å². The lowest BCUT2D eigenvalue weighted by molar-refractivity contribution is 0.189. The summed E-state index contributed by atoms with van der Waals surface area (Å²) in [6, 6.07) is 10.9. The van der Waals surface area contributed by atoms with Crippen LogP contribution in [0.3, 0.4) is 0 Å². The minimum atomic E-state index is -0.324. The fraction of sp³-hybridized carbons (Fsp3) is 0.333. The average molecular weight is 342 g/mol. The van der Waals surface area contributed by atoms with E-state index in [2.05, 4.69) is 15.7 Å². The normalized spacial score (nSPS) is 12.2. The number of amides is 2. The summed E-state index contributed by atoms with van der Waals surface area (Å²) in [7, 11) is 1.67. The van der Waals surface area contributed by atoms with E-state index in [1.165, 1.54) is 0 Å². The molecule has 2 aromatic heterocycles. The maximum absolute atomic E-state index is 12.1. The summed E-state index contributed by atoms with van der Waals surface area (Å²) in [5, 5.41) is 10.9. The van der Waals surface area contributed by atoms with E-state index in [9.17, 15) is 4.79 Å². The Hall–Kier alpha value is -2.80. The lowest BCUT2D eigenvalue weighted by Crippen LogP contribution is -2.31. The SMILES string of the molecule is COCCCn1ccc(NC(=O)N[C@H](C)c2cc3ccccc3o2)n1. The van der Waals surface area contributed by atoms with Crippen LogP contribution >= 0.6 is 0 Å². The number of hydrogen-bond acceptors (Lipinski definition) is 4. The van der Waals surface area contributed by atoms with Gasteiger partial charge in [-0.3, -0.25) is 10.00 Å². The van der Waals surface area contributed by atoms with Crippen LogP contribution in [-0.4, -0.2) is 29.5 Å². The molecule has 1 atom stereocenters. The summed E-state index contributed by atoms with van der Waals surface area (Å²) in [6.45, 7) is 3.30. The molecule has 0 unspecified atom stereocenters. The van der Waals surface area contributed by atoms with E-state index in [4.69, 9.17) is 9.15 Å². The summed E-state index contributed by atoms with van der Waals surface area (Å²) < 4.78 is 12.6. The number of urea groups is 1. The number of anilines is 1. The Morgan fingerprint density at radius 1 is 1.36 bits per heavy atom. The van der Waals surface area contributed by atoms with Crippen LogP contribution in [0.25, 0.3) is 11.0 Å². The molecule has 2 amide bonds. The number of furan rings is 1. The van der Waals surface area contributed by atoms with Gasteiger partial charge < -0.3 is 14.5 Å². The van der Waals surface area contributed by atoms with Crippen molar-refractivity contribution in [3.63, 3.8) is 0 Å². The van der Waals surface area contributed by atoms with E-state index >= 15 is 0 Å². The van der Waals surface area contributed by atoms with Crippen LogP contribution in [-0.2, 0) is 11.3 Å². The largest absolute Gasteiger partial charge is 0.459 e. The summed E-state index contributed by atoms with van der Waals surface area (Å²) >= 11 is 0. The minimum Gasteiger partial charge on any atom is -0.459 e. The number of benzene rings is 1. The topological polar surface area (TPSA) is 81.3 Å². The van der Waals surface area contributed by atoms with Gasteiger partial charge in [0.25, 0.3) is 0 Å². The van der Waals surface area contributed by atoms with Crippen molar-refractivity contribution in [3.8, 4) is 0 Å². The number of methoxy groups -OCH3 is 1. The second kappa shape index (κ2) is 7.85. The number of rotatable bonds is 7. The molecular weight excluding hydrogens is 320 g/mol. The second-order valence-electron chi connectivity index (χ2n) is 5.82. The zero-order valence-electron chi connectivity index (χ0n) is 14.4. The molecule has 3 aromatic rings. The van der Waals surface area contributed by atoms with E-state index < -0.39 is 0 Å². The van der Waals surface area contributed by atoms with Gasteiger partial charge in [0.2, 0.25) is 0 Å². The molecule has 7 nitrogen and oxygen atoms in total. The summed E-state index contributed by atoms with van der Waals surface area (Å²) in [6.07, 6.45) is 2.70. The molecule has 0 saturated heterocycles. The number of aryl methyl sites for hydroxylation is 1. The maximum atomic E-state index is 12.1. The van der Waals surface area contributed by atoms with Crippen molar-refractivity contribution in [2.24, 2.45) is 0 Å². The van der Waals surface area contributed by atoms with E-state index in [1.54, 1.807) is 17.9 Å². The van der Waals surface area contributed by atoms with Crippen molar-refractivity contribution >= 4 is 22.8 Å². The molecule has 132 valence electrons. The molecule has 0 aliphatic heterocycles. The number of ether oxygens (including phenoxy) is 1. The number of para-hydroxylation sites is 1. The highest BCUT2D eigenvalue weighted by Crippen LogP contribution is 2.23. The Morgan fingerprint density at radius 3 is 3.00 bits per heavy atom. The quantitative estimate of drug-likeness (QED) is 0.643. The number of nitrogens with zero attached hydrogens (tertiary/aromatic N) is 2. The standard InChI is InChI=1S/C18H22N4O3/c1-13(16-12-14-6-3-4-7-15(14)25-16)19-18(23)20-17-8-10-22(21-17)9-5-11-24-2/h3-4,6-8,10,12-13H,5,9,11H2,1-2H3,(H2,19,20,21,23)/t13-/m1/s1. The van der Waals surface area contributed by atoms with E-state index in [0.29, 0.717) is 18.2 Å². The van der Waals surface area contributed by atoms with Gasteiger partial charge in [0.1, 0.15) is 11.3 Å². The zero-order valence-corrected chi connectivity index (χ0v) is 14.4. The lowest BCUT2D eigenvalue weighted by atomic mass is 10.2.